The van der Waals surface area contributed by atoms with Crippen LogP contribution in [0.2, 0.25) is 0 Å². The van der Waals surface area contributed by atoms with E-state index >= 15 is 0 Å². The molecular formula is C17H21BrO2. The highest BCUT2D eigenvalue weighted by Gasteiger charge is 2.31. The fourth-order valence-corrected chi connectivity index (χ4v) is 3.38. The third kappa shape index (κ3) is 2.64. The second-order valence-corrected chi connectivity index (χ2v) is 6.63. The molecule has 20 heavy (non-hydrogen) atoms. The Hall–Kier alpha value is -1.22. The molecule has 0 fully saturated rings. The normalized spacial score (nSPS) is 22.5. The zero-order valence-electron chi connectivity index (χ0n) is 12.2. The number of benzene rings is 1. The molecule has 0 bridgehead atoms. The standard InChI is InChI=1S/C17H21BrO2/c1-9(2)12-6-5-10(3)7-13(12)15-14(19)8-11(4)16(18)17(15)20/h5,8,12-13,19-20H,1,6-7H2,2-4H3. The number of halogens is 1. The molecule has 0 heterocycles. The summed E-state index contributed by atoms with van der Waals surface area (Å²) in [5.74, 6) is 0.669. The van der Waals surface area contributed by atoms with Gasteiger partial charge in [0.2, 0.25) is 0 Å². The van der Waals surface area contributed by atoms with E-state index in [9.17, 15) is 10.2 Å². The van der Waals surface area contributed by atoms with E-state index in [0.717, 1.165) is 24.0 Å². The number of phenols is 2. The van der Waals surface area contributed by atoms with Gasteiger partial charge < -0.3 is 10.2 Å². The average molecular weight is 337 g/mol. The first-order valence-corrected chi connectivity index (χ1v) is 7.64. The molecule has 1 aliphatic carbocycles. The number of hydrogen-bond acceptors (Lipinski definition) is 2. The second-order valence-electron chi connectivity index (χ2n) is 5.84. The van der Waals surface area contributed by atoms with Crippen molar-refractivity contribution in [3.8, 4) is 11.5 Å². The summed E-state index contributed by atoms with van der Waals surface area (Å²) in [7, 11) is 0. The Bertz CT molecular complexity index is 587. The lowest BCUT2D eigenvalue weighted by molar-refractivity contribution is 0.390. The van der Waals surface area contributed by atoms with E-state index in [1.807, 2.05) is 13.8 Å². The first-order valence-electron chi connectivity index (χ1n) is 6.84. The molecular weight excluding hydrogens is 316 g/mol. The van der Waals surface area contributed by atoms with Crippen molar-refractivity contribution < 1.29 is 10.2 Å². The number of aryl methyl sites for hydroxylation is 1. The van der Waals surface area contributed by atoms with Crippen LogP contribution in [-0.2, 0) is 0 Å². The van der Waals surface area contributed by atoms with Crippen molar-refractivity contribution in [2.24, 2.45) is 5.92 Å². The van der Waals surface area contributed by atoms with Crippen molar-refractivity contribution in [2.75, 3.05) is 0 Å². The molecule has 2 N–H and O–H groups in total. The molecule has 0 radical (unpaired) electrons. The Morgan fingerprint density at radius 2 is 2.00 bits per heavy atom. The zero-order valence-corrected chi connectivity index (χ0v) is 13.8. The van der Waals surface area contributed by atoms with Gasteiger partial charge in [-0.15, -0.1) is 0 Å². The van der Waals surface area contributed by atoms with Crippen LogP contribution in [0.1, 0.15) is 43.7 Å². The topological polar surface area (TPSA) is 40.5 Å². The van der Waals surface area contributed by atoms with Crippen LogP contribution in [0.15, 0.2) is 34.3 Å². The minimum Gasteiger partial charge on any atom is -0.508 e. The third-order valence-corrected chi connectivity index (χ3v) is 5.19. The SMILES string of the molecule is C=C(C)C1CC=C(C)CC1c1c(O)cc(C)c(Br)c1O. The van der Waals surface area contributed by atoms with E-state index in [2.05, 4.69) is 35.5 Å². The lowest BCUT2D eigenvalue weighted by Crippen LogP contribution is -2.18. The average Bonchev–Trinajstić information content (AvgIpc) is 2.36. The molecule has 0 amide bonds. The maximum atomic E-state index is 10.4. The summed E-state index contributed by atoms with van der Waals surface area (Å²) in [5.41, 5.74) is 3.86. The van der Waals surface area contributed by atoms with Crippen LogP contribution in [0.4, 0.5) is 0 Å². The van der Waals surface area contributed by atoms with Gasteiger partial charge in [-0.3, -0.25) is 0 Å². The Balaban J connectivity index is 2.57. The smallest absolute Gasteiger partial charge is 0.137 e. The lowest BCUT2D eigenvalue weighted by Gasteiger charge is -2.32. The van der Waals surface area contributed by atoms with E-state index in [4.69, 9.17) is 0 Å². The highest BCUT2D eigenvalue weighted by molar-refractivity contribution is 9.10. The molecule has 108 valence electrons. The highest BCUT2D eigenvalue weighted by atomic mass is 79.9. The molecule has 1 aliphatic rings. The minimum atomic E-state index is 0.0781. The summed E-state index contributed by atoms with van der Waals surface area (Å²) >= 11 is 3.40. The third-order valence-electron chi connectivity index (χ3n) is 4.19. The molecule has 2 rings (SSSR count). The summed E-state index contributed by atoms with van der Waals surface area (Å²) in [5, 5.41) is 20.7. The van der Waals surface area contributed by atoms with Crippen LogP contribution in [0, 0.1) is 12.8 Å². The molecule has 0 aromatic heterocycles. The summed E-state index contributed by atoms with van der Waals surface area (Å²) in [4.78, 5) is 0. The largest absolute Gasteiger partial charge is 0.508 e. The van der Waals surface area contributed by atoms with E-state index < -0.39 is 0 Å². The van der Waals surface area contributed by atoms with Gasteiger partial charge in [-0.25, -0.2) is 0 Å². The molecule has 2 nitrogen and oxygen atoms in total. The fraction of sp³-hybridized carbons (Fsp3) is 0.412. The molecule has 0 spiro atoms. The number of hydrogen-bond donors (Lipinski definition) is 2. The summed E-state index contributed by atoms with van der Waals surface area (Å²) in [6.45, 7) is 10.0. The molecule has 3 heteroatoms. The van der Waals surface area contributed by atoms with Gasteiger partial charge in [0, 0.05) is 11.5 Å². The summed E-state index contributed by atoms with van der Waals surface area (Å²) < 4.78 is 0.665. The van der Waals surface area contributed by atoms with E-state index in [1.54, 1.807) is 6.07 Å². The van der Waals surface area contributed by atoms with Crippen LogP contribution >= 0.6 is 15.9 Å². The zero-order chi connectivity index (χ0) is 15.0. The van der Waals surface area contributed by atoms with Crippen molar-refractivity contribution >= 4 is 15.9 Å². The monoisotopic (exact) mass is 336 g/mol. The van der Waals surface area contributed by atoms with Gasteiger partial charge in [0.05, 0.1) is 4.47 Å². The van der Waals surface area contributed by atoms with Gasteiger partial charge in [0.25, 0.3) is 0 Å². The van der Waals surface area contributed by atoms with Crippen LogP contribution < -0.4 is 0 Å². The second kappa shape index (κ2) is 5.65. The molecule has 2 atom stereocenters. The van der Waals surface area contributed by atoms with Gasteiger partial charge >= 0.3 is 0 Å². The van der Waals surface area contributed by atoms with Gasteiger partial charge in [-0.1, -0.05) is 23.8 Å². The summed E-state index contributed by atoms with van der Waals surface area (Å²) in [6, 6.07) is 1.71. The number of rotatable bonds is 2. The van der Waals surface area contributed by atoms with Crippen molar-refractivity contribution in [3.63, 3.8) is 0 Å². The van der Waals surface area contributed by atoms with Crippen molar-refractivity contribution in [1.82, 2.24) is 0 Å². The predicted molar refractivity (Wildman–Crippen MR) is 86.2 cm³/mol. The Morgan fingerprint density at radius 3 is 2.60 bits per heavy atom. The number of phenolic OH excluding ortho intramolecular Hbond substituents is 2. The van der Waals surface area contributed by atoms with Gasteiger partial charge in [-0.05, 0) is 67.1 Å². The molecule has 1 aromatic rings. The Kier molecular flexibility index (Phi) is 4.28. The number of allylic oxidation sites excluding steroid dienone is 3. The lowest BCUT2D eigenvalue weighted by atomic mass is 9.72. The quantitative estimate of drug-likeness (QED) is 0.730. The van der Waals surface area contributed by atoms with Crippen LogP contribution in [0.3, 0.4) is 0 Å². The highest BCUT2D eigenvalue weighted by Crippen LogP contribution is 2.49. The Labute approximate surface area is 129 Å². The fourth-order valence-electron chi connectivity index (χ4n) is 3.05. The first-order chi connectivity index (χ1) is 9.32. The minimum absolute atomic E-state index is 0.0781. The molecule has 1 aromatic carbocycles. The van der Waals surface area contributed by atoms with Crippen molar-refractivity contribution in [1.29, 1.82) is 0 Å². The van der Waals surface area contributed by atoms with E-state index in [-0.39, 0.29) is 23.3 Å². The molecule has 0 saturated heterocycles. The van der Waals surface area contributed by atoms with Crippen molar-refractivity contribution in [3.05, 3.63) is 45.5 Å². The van der Waals surface area contributed by atoms with E-state index in [1.165, 1.54) is 5.57 Å². The van der Waals surface area contributed by atoms with Crippen LogP contribution in [-0.4, -0.2) is 10.2 Å². The van der Waals surface area contributed by atoms with Crippen LogP contribution in [0.25, 0.3) is 0 Å². The molecule has 0 aliphatic heterocycles. The maximum Gasteiger partial charge on any atom is 0.137 e. The Morgan fingerprint density at radius 1 is 1.35 bits per heavy atom. The molecule has 0 saturated carbocycles. The summed E-state index contributed by atoms with van der Waals surface area (Å²) in [6.07, 6.45) is 3.98. The van der Waals surface area contributed by atoms with Gasteiger partial charge in [-0.2, -0.15) is 0 Å². The molecule has 2 unspecified atom stereocenters. The van der Waals surface area contributed by atoms with Crippen molar-refractivity contribution in [2.45, 2.75) is 39.5 Å². The predicted octanol–water partition coefficient (Wildman–Crippen LogP) is 5.18. The van der Waals surface area contributed by atoms with Gasteiger partial charge in [0.15, 0.2) is 0 Å². The first kappa shape index (κ1) is 15.2. The van der Waals surface area contributed by atoms with Gasteiger partial charge in [0.1, 0.15) is 11.5 Å². The maximum absolute atomic E-state index is 10.4. The van der Waals surface area contributed by atoms with E-state index in [0.29, 0.717) is 10.0 Å². The van der Waals surface area contributed by atoms with Crippen LogP contribution in [0.5, 0.6) is 11.5 Å². The number of aromatic hydroxyl groups is 2.